The van der Waals surface area contributed by atoms with E-state index in [1.54, 1.807) is 6.07 Å². The molecule has 1 heterocycles. The van der Waals surface area contributed by atoms with Gasteiger partial charge in [-0.25, -0.2) is 0 Å². The van der Waals surface area contributed by atoms with Gasteiger partial charge < -0.3 is 9.52 Å². The summed E-state index contributed by atoms with van der Waals surface area (Å²) < 4.78 is 4.78. The predicted octanol–water partition coefficient (Wildman–Crippen LogP) is 1.86. The zero-order chi connectivity index (χ0) is 8.27. The summed E-state index contributed by atoms with van der Waals surface area (Å²) in [5.74, 6) is -1.22. The number of hydrogen-bond acceptors (Lipinski definition) is 2. The van der Waals surface area contributed by atoms with Gasteiger partial charge in [0.2, 0.25) is 0 Å². The molecule has 0 saturated heterocycles. The lowest BCUT2D eigenvalue weighted by atomic mass is 10.0. The number of carboxylic acid groups (broad SMARTS) is 1. The highest BCUT2D eigenvalue weighted by Crippen LogP contribution is 2.19. The number of aliphatic carboxylic acids is 1. The van der Waals surface area contributed by atoms with Crippen molar-refractivity contribution in [3.05, 3.63) is 24.2 Å². The molecule has 1 rings (SSSR count). The van der Waals surface area contributed by atoms with Gasteiger partial charge in [-0.15, -0.1) is 0 Å². The van der Waals surface area contributed by atoms with Gasteiger partial charge in [-0.05, 0) is 12.5 Å². The molecule has 0 aliphatic heterocycles. The summed E-state index contributed by atoms with van der Waals surface area (Å²) in [4.78, 5) is 10.6. The third kappa shape index (κ3) is 1.61. The van der Waals surface area contributed by atoms with Crippen molar-refractivity contribution < 1.29 is 14.3 Å². The van der Waals surface area contributed by atoms with Crippen molar-refractivity contribution >= 4 is 5.97 Å². The minimum atomic E-state index is -0.797. The Morgan fingerprint density at radius 1 is 1.82 bits per heavy atom. The van der Waals surface area contributed by atoms with Crippen LogP contribution in [0.5, 0.6) is 0 Å². The van der Waals surface area contributed by atoms with Gasteiger partial charge >= 0.3 is 5.97 Å². The Bertz CT molecular complexity index is 225. The maximum absolute atomic E-state index is 10.6. The van der Waals surface area contributed by atoms with Crippen molar-refractivity contribution in [3.63, 3.8) is 0 Å². The summed E-state index contributed by atoms with van der Waals surface area (Å²) in [6.07, 6.45) is 3.55. The highest BCUT2D eigenvalue weighted by Gasteiger charge is 2.17. The zero-order valence-electron chi connectivity index (χ0n) is 6.28. The summed E-state index contributed by atoms with van der Waals surface area (Å²) in [6, 6.07) is 1.68. The number of carbonyl (C=O) groups is 1. The van der Waals surface area contributed by atoms with Gasteiger partial charge in [-0.3, -0.25) is 4.79 Å². The van der Waals surface area contributed by atoms with E-state index in [2.05, 4.69) is 0 Å². The molecule has 0 saturated carbocycles. The summed E-state index contributed by atoms with van der Waals surface area (Å²) in [6.45, 7) is 1.84. The Morgan fingerprint density at radius 3 is 2.91 bits per heavy atom. The van der Waals surface area contributed by atoms with Crippen molar-refractivity contribution in [2.24, 2.45) is 0 Å². The summed E-state index contributed by atoms with van der Waals surface area (Å²) in [5, 5.41) is 8.70. The van der Waals surface area contributed by atoms with Crippen molar-refractivity contribution in [1.29, 1.82) is 0 Å². The first kappa shape index (κ1) is 7.85. The molecule has 1 aromatic rings. The van der Waals surface area contributed by atoms with E-state index in [1.165, 1.54) is 12.5 Å². The third-order valence-electron chi connectivity index (χ3n) is 1.65. The first-order valence-electron chi connectivity index (χ1n) is 3.50. The molecule has 1 atom stereocenters. The monoisotopic (exact) mass is 154 g/mol. The van der Waals surface area contributed by atoms with E-state index >= 15 is 0 Å². The molecule has 3 nitrogen and oxygen atoms in total. The first-order chi connectivity index (χ1) is 5.25. The van der Waals surface area contributed by atoms with Crippen molar-refractivity contribution in [2.75, 3.05) is 0 Å². The fourth-order valence-electron chi connectivity index (χ4n) is 1.03. The molecule has 0 aliphatic carbocycles. The summed E-state index contributed by atoms with van der Waals surface area (Å²) >= 11 is 0. The lowest BCUT2D eigenvalue weighted by Crippen LogP contribution is -2.09. The standard InChI is InChI=1S/C8H10O3/c1-2-7(8(9)10)6-3-4-11-5-6/h3-5,7H,2H2,1H3,(H,9,10). The maximum Gasteiger partial charge on any atom is 0.311 e. The van der Waals surface area contributed by atoms with Crippen LogP contribution in [0.15, 0.2) is 23.0 Å². The van der Waals surface area contributed by atoms with Crippen LogP contribution in [-0.4, -0.2) is 11.1 Å². The van der Waals surface area contributed by atoms with Crippen LogP contribution in [0, 0.1) is 0 Å². The number of hydrogen-bond donors (Lipinski definition) is 1. The molecule has 11 heavy (non-hydrogen) atoms. The molecule has 3 heteroatoms. The number of carboxylic acids is 1. The molecule has 0 amide bonds. The van der Waals surface area contributed by atoms with Crippen LogP contribution in [0.4, 0.5) is 0 Å². The van der Waals surface area contributed by atoms with E-state index in [0.29, 0.717) is 6.42 Å². The Labute approximate surface area is 64.6 Å². The second-order valence-corrected chi connectivity index (χ2v) is 2.36. The first-order valence-corrected chi connectivity index (χ1v) is 3.50. The molecule has 1 N–H and O–H groups in total. The van der Waals surface area contributed by atoms with Gasteiger partial charge in [0, 0.05) is 5.56 Å². The van der Waals surface area contributed by atoms with Gasteiger partial charge in [0.1, 0.15) is 0 Å². The average Bonchev–Trinajstić information content (AvgIpc) is 2.40. The highest BCUT2D eigenvalue weighted by atomic mass is 16.4. The van der Waals surface area contributed by atoms with Crippen LogP contribution in [-0.2, 0) is 4.79 Å². The quantitative estimate of drug-likeness (QED) is 0.722. The molecule has 0 radical (unpaired) electrons. The summed E-state index contributed by atoms with van der Waals surface area (Å²) in [5.41, 5.74) is 0.736. The third-order valence-corrected chi connectivity index (χ3v) is 1.65. The van der Waals surface area contributed by atoms with Crippen LogP contribution < -0.4 is 0 Å². The molecular formula is C8H10O3. The second kappa shape index (κ2) is 3.23. The van der Waals surface area contributed by atoms with Gasteiger partial charge in [0.15, 0.2) is 0 Å². The molecular weight excluding hydrogens is 144 g/mol. The molecule has 60 valence electrons. The van der Waals surface area contributed by atoms with E-state index in [0.717, 1.165) is 5.56 Å². The molecule has 0 bridgehead atoms. The minimum Gasteiger partial charge on any atom is -0.481 e. The summed E-state index contributed by atoms with van der Waals surface area (Å²) in [7, 11) is 0. The lowest BCUT2D eigenvalue weighted by Gasteiger charge is -2.04. The fraction of sp³-hybridized carbons (Fsp3) is 0.375. The smallest absolute Gasteiger partial charge is 0.311 e. The van der Waals surface area contributed by atoms with E-state index in [4.69, 9.17) is 9.52 Å². The van der Waals surface area contributed by atoms with E-state index < -0.39 is 11.9 Å². The molecule has 0 fully saturated rings. The molecule has 1 aromatic heterocycles. The van der Waals surface area contributed by atoms with Crippen LogP contribution >= 0.6 is 0 Å². The Morgan fingerprint density at radius 2 is 2.55 bits per heavy atom. The van der Waals surface area contributed by atoms with Crippen LogP contribution in [0.2, 0.25) is 0 Å². The van der Waals surface area contributed by atoms with Crippen molar-refractivity contribution in [3.8, 4) is 0 Å². The van der Waals surface area contributed by atoms with Crippen LogP contribution in [0.25, 0.3) is 0 Å². The van der Waals surface area contributed by atoms with Crippen LogP contribution in [0.1, 0.15) is 24.8 Å². The topological polar surface area (TPSA) is 50.4 Å². The van der Waals surface area contributed by atoms with Gasteiger partial charge in [0.25, 0.3) is 0 Å². The van der Waals surface area contributed by atoms with Gasteiger partial charge in [-0.2, -0.15) is 0 Å². The van der Waals surface area contributed by atoms with Gasteiger partial charge in [-0.1, -0.05) is 6.92 Å². The lowest BCUT2D eigenvalue weighted by molar-refractivity contribution is -0.138. The van der Waals surface area contributed by atoms with E-state index in [1.807, 2.05) is 6.92 Å². The number of rotatable bonds is 3. The average molecular weight is 154 g/mol. The Kier molecular flexibility index (Phi) is 2.31. The molecule has 0 spiro atoms. The fourth-order valence-corrected chi connectivity index (χ4v) is 1.03. The molecule has 0 aliphatic rings. The predicted molar refractivity (Wildman–Crippen MR) is 39.4 cm³/mol. The largest absolute Gasteiger partial charge is 0.481 e. The highest BCUT2D eigenvalue weighted by molar-refractivity contribution is 5.75. The maximum atomic E-state index is 10.6. The van der Waals surface area contributed by atoms with Crippen LogP contribution in [0.3, 0.4) is 0 Å². The van der Waals surface area contributed by atoms with E-state index in [9.17, 15) is 4.79 Å². The van der Waals surface area contributed by atoms with Gasteiger partial charge in [0.05, 0.1) is 18.4 Å². The Hall–Kier alpha value is -1.25. The van der Waals surface area contributed by atoms with Crippen molar-refractivity contribution in [1.82, 2.24) is 0 Å². The zero-order valence-corrected chi connectivity index (χ0v) is 6.28. The number of furan rings is 1. The van der Waals surface area contributed by atoms with Crippen molar-refractivity contribution in [2.45, 2.75) is 19.3 Å². The molecule has 1 unspecified atom stereocenters. The molecule has 0 aromatic carbocycles. The van der Waals surface area contributed by atoms with E-state index in [-0.39, 0.29) is 0 Å². The Balaban J connectivity index is 2.79. The second-order valence-electron chi connectivity index (χ2n) is 2.36. The SMILES string of the molecule is CCC(C(=O)O)c1ccoc1. The minimum absolute atomic E-state index is 0.422. The normalized spacial score (nSPS) is 12.8.